The molecule has 45 heavy (non-hydrogen) atoms. The van der Waals surface area contributed by atoms with Crippen LogP contribution in [0.3, 0.4) is 0 Å². The lowest BCUT2D eigenvalue weighted by molar-refractivity contribution is 0.123. The molecule has 3 aromatic rings. The maximum absolute atomic E-state index is 12.3. The summed E-state index contributed by atoms with van der Waals surface area (Å²) in [5.74, 6) is -3.11. The number of anilines is 2. The normalized spacial score (nSPS) is 25.2. The SMILES string of the molecule is NC1=C2NCN(c3oc4c(c3O)O[P+](O)(O)O/C=C3/OC(n5cnc6c(=O)[nH]c(N)nc65)=C(O[P+](O)(O)OC4)[C@@H]3N)C2NCN1. The van der Waals surface area contributed by atoms with Gasteiger partial charge in [0, 0.05) is 0 Å². The van der Waals surface area contributed by atoms with E-state index in [2.05, 4.69) is 30.9 Å². The number of hydrogen-bond acceptors (Lipinski definition) is 21. The molecule has 1 fully saturated rings. The Morgan fingerprint density at radius 3 is 2.71 bits per heavy atom. The van der Waals surface area contributed by atoms with Gasteiger partial charge in [-0.05, 0) is 0 Å². The number of nitrogens with two attached hydrogens (primary N) is 3. The van der Waals surface area contributed by atoms with Crippen molar-refractivity contribution in [3.05, 3.63) is 51.7 Å². The van der Waals surface area contributed by atoms with Crippen molar-refractivity contribution in [2.75, 3.05) is 24.0 Å². The van der Waals surface area contributed by atoms with Crippen molar-refractivity contribution >= 4 is 45.2 Å². The average molecular weight is 673 g/mol. The Morgan fingerprint density at radius 2 is 1.91 bits per heavy atom. The second kappa shape index (κ2) is 10.2. The molecule has 2 atom stereocenters. The van der Waals surface area contributed by atoms with Crippen LogP contribution in [0.5, 0.6) is 11.5 Å². The molecule has 0 spiro atoms. The summed E-state index contributed by atoms with van der Waals surface area (Å²) < 4.78 is 33.5. The van der Waals surface area contributed by atoms with E-state index in [0.29, 0.717) is 17.8 Å². The Labute approximate surface area is 250 Å². The van der Waals surface area contributed by atoms with E-state index in [1.165, 1.54) is 4.90 Å². The smallest absolute Gasteiger partial charge is 0.500 e. The number of furan rings is 1. The Morgan fingerprint density at radius 1 is 1.11 bits per heavy atom. The molecule has 15 N–H and O–H groups in total. The molecule has 0 aromatic carbocycles. The second-order valence-corrected chi connectivity index (χ2v) is 12.4. The Hall–Kier alpha value is -4.57. The number of nitrogen functional groups attached to an aromatic ring is 1. The summed E-state index contributed by atoms with van der Waals surface area (Å²) in [5.41, 5.74) is 17.5. The zero-order chi connectivity index (χ0) is 31.8. The van der Waals surface area contributed by atoms with Crippen LogP contribution in [0.4, 0.5) is 11.8 Å². The van der Waals surface area contributed by atoms with Gasteiger partial charge >= 0.3 is 16.3 Å². The van der Waals surface area contributed by atoms with Crippen molar-refractivity contribution < 1.29 is 51.9 Å². The highest BCUT2D eigenvalue weighted by molar-refractivity contribution is 7.55. The monoisotopic (exact) mass is 673 g/mol. The number of imidazole rings is 1. The van der Waals surface area contributed by atoms with E-state index in [9.17, 15) is 29.5 Å². The molecule has 1 unspecified atom stereocenters. The number of hydrogen-bond donors (Lipinski definition) is 12. The molecule has 0 saturated carbocycles. The van der Waals surface area contributed by atoms with E-state index in [1.807, 2.05) is 0 Å². The molecule has 0 amide bonds. The van der Waals surface area contributed by atoms with Gasteiger partial charge in [0.05, 0.1) is 19.0 Å². The van der Waals surface area contributed by atoms with Gasteiger partial charge < -0.3 is 47.0 Å². The minimum absolute atomic E-state index is 0.0822. The topological polar surface area (TPSA) is 341 Å². The highest BCUT2D eigenvalue weighted by Crippen LogP contribution is 2.61. The quantitative estimate of drug-likeness (QED) is 0.123. The number of ether oxygens (including phenoxy) is 1. The van der Waals surface area contributed by atoms with Gasteiger partial charge in [-0.2, -0.15) is 24.6 Å². The first-order valence-corrected chi connectivity index (χ1v) is 15.7. The van der Waals surface area contributed by atoms with Crippen LogP contribution in [-0.2, 0) is 24.9 Å². The summed E-state index contributed by atoms with van der Waals surface area (Å²) in [7, 11) is -9.76. The molecule has 240 valence electrons. The number of aromatic hydroxyl groups is 1. The van der Waals surface area contributed by atoms with Gasteiger partial charge in [0.25, 0.3) is 17.2 Å². The molecule has 1 saturated heterocycles. The van der Waals surface area contributed by atoms with E-state index in [4.69, 9.17) is 44.5 Å². The first-order valence-electron chi connectivity index (χ1n) is 12.7. The summed E-state index contributed by atoms with van der Waals surface area (Å²) >= 11 is 0. The third-order valence-corrected chi connectivity index (χ3v) is 8.50. The fourth-order valence-corrected chi connectivity index (χ4v) is 6.30. The number of nitrogens with one attached hydrogen (secondary N) is 4. The fraction of sp³-hybridized carbons (Fsp3) is 0.250. The van der Waals surface area contributed by atoms with Crippen LogP contribution in [0.15, 0.2) is 44.8 Å². The molecule has 4 aliphatic heterocycles. The molecule has 2 bridgehead atoms. The highest BCUT2D eigenvalue weighted by atomic mass is 31.2. The molecule has 4 aliphatic rings. The van der Waals surface area contributed by atoms with E-state index in [-0.39, 0.29) is 48.0 Å². The maximum Gasteiger partial charge on any atom is 0.663 e. The molecular formula is C20H25N11O12P2+2. The number of aromatic nitrogens is 4. The molecule has 7 heterocycles. The molecule has 0 aliphatic carbocycles. The third kappa shape index (κ3) is 4.97. The zero-order valence-electron chi connectivity index (χ0n) is 22.4. The second-order valence-electron chi connectivity index (χ2n) is 9.65. The molecule has 23 nitrogen and oxygen atoms in total. The van der Waals surface area contributed by atoms with Gasteiger partial charge in [-0.15, -0.1) is 4.52 Å². The summed E-state index contributed by atoms with van der Waals surface area (Å²) in [6.45, 7) is -0.492. The van der Waals surface area contributed by atoms with Crippen molar-refractivity contribution in [2.24, 2.45) is 11.5 Å². The van der Waals surface area contributed by atoms with Gasteiger partial charge in [0.15, 0.2) is 35.6 Å². The lowest BCUT2D eigenvalue weighted by Gasteiger charge is -2.28. The molecule has 25 heteroatoms. The van der Waals surface area contributed by atoms with Crippen molar-refractivity contribution in [2.45, 2.75) is 18.8 Å². The van der Waals surface area contributed by atoms with Gasteiger partial charge in [-0.25, -0.2) is 14.1 Å². The van der Waals surface area contributed by atoms with Crippen molar-refractivity contribution in [1.82, 2.24) is 35.5 Å². The molecule has 3 aromatic heterocycles. The summed E-state index contributed by atoms with van der Waals surface area (Å²) in [6.07, 6.45) is 1.18. The lowest BCUT2D eigenvalue weighted by Crippen LogP contribution is -2.51. The number of fused-ring (bicyclic) bond motifs is 5. The van der Waals surface area contributed by atoms with Crippen LogP contribution in [0.1, 0.15) is 5.76 Å². The largest absolute Gasteiger partial charge is 0.663 e. The van der Waals surface area contributed by atoms with Gasteiger partial charge in [0.1, 0.15) is 24.4 Å². The number of rotatable bonds is 2. The van der Waals surface area contributed by atoms with E-state index < -0.39 is 63.7 Å². The van der Waals surface area contributed by atoms with Crippen LogP contribution in [-0.4, -0.2) is 69.7 Å². The van der Waals surface area contributed by atoms with Crippen molar-refractivity contribution in [3.8, 4) is 11.5 Å². The minimum Gasteiger partial charge on any atom is -0.500 e. The van der Waals surface area contributed by atoms with Gasteiger partial charge in [-0.3, -0.25) is 24.1 Å². The van der Waals surface area contributed by atoms with E-state index in [0.717, 1.165) is 10.9 Å². The predicted octanol–water partition coefficient (Wildman–Crippen LogP) is -2.74. The van der Waals surface area contributed by atoms with Gasteiger partial charge in [0.2, 0.25) is 23.3 Å². The summed E-state index contributed by atoms with van der Waals surface area (Å²) in [5, 5.41) is 20.1. The fourth-order valence-electron chi connectivity index (χ4n) is 4.80. The van der Waals surface area contributed by atoms with Crippen LogP contribution in [0.25, 0.3) is 17.0 Å². The van der Waals surface area contributed by atoms with Crippen LogP contribution in [0, 0.1) is 0 Å². The Balaban J connectivity index is 1.28. The third-order valence-electron chi connectivity index (χ3n) is 6.80. The lowest BCUT2D eigenvalue weighted by atomic mass is 10.2. The van der Waals surface area contributed by atoms with E-state index >= 15 is 0 Å². The minimum atomic E-state index is -4.89. The van der Waals surface area contributed by atoms with Crippen LogP contribution >= 0.6 is 16.3 Å². The molecule has 7 rings (SSSR count). The number of aromatic amines is 1. The van der Waals surface area contributed by atoms with Crippen molar-refractivity contribution in [1.29, 1.82) is 0 Å². The zero-order valence-corrected chi connectivity index (χ0v) is 24.2. The summed E-state index contributed by atoms with van der Waals surface area (Å²) in [4.78, 5) is 67.0. The molecule has 0 radical (unpaired) electrons. The molecular weight excluding hydrogens is 648 g/mol. The van der Waals surface area contributed by atoms with Crippen LogP contribution in [0.2, 0.25) is 0 Å². The maximum atomic E-state index is 12.3. The predicted molar refractivity (Wildman–Crippen MR) is 150 cm³/mol. The number of H-pyrrole nitrogens is 1. The standard InChI is InChI=1S/C20H23N11O12P2/c21-8-6-1-38-44(34,35)42-12-7(41-18(11(12)32)30-4-26-9-14(22)24-3-25-15(9)30)2-39-45(36,37)43-13(8)19(40-6)31-5-27-10-16(31)28-20(23)29-17(10)33/h1,5,8,15,24-26,34-37H,2-4,21-22H2,(H2-2,23,28,29,32,33)/p+2/b6-1+/t8-,15?/m1/s1. The Bertz CT molecular complexity index is 1870. The van der Waals surface area contributed by atoms with E-state index in [1.54, 1.807) is 0 Å². The number of nitrogens with zero attached hydrogens (tertiary/aromatic N) is 4. The van der Waals surface area contributed by atoms with Gasteiger partial charge in [-0.1, -0.05) is 0 Å². The first-order chi connectivity index (χ1) is 21.3. The summed E-state index contributed by atoms with van der Waals surface area (Å²) in [6, 6.07) is -1.47. The first kappa shape index (κ1) is 29.2. The average Bonchev–Trinajstić information content (AvgIpc) is 3.72. The van der Waals surface area contributed by atoms with Crippen LogP contribution < -0.4 is 48.1 Å². The highest BCUT2D eigenvalue weighted by Gasteiger charge is 2.52. The Kier molecular flexibility index (Phi) is 6.63. The van der Waals surface area contributed by atoms with Crippen molar-refractivity contribution in [3.63, 3.8) is 0 Å².